The van der Waals surface area contributed by atoms with Gasteiger partial charge < -0.3 is 20.1 Å². The summed E-state index contributed by atoms with van der Waals surface area (Å²) in [6, 6.07) is 12.3. The van der Waals surface area contributed by atoms with Crippen LogP contribution in [0.1, 0.15) is 15.9 Å². The highest BCUT2D eigenvalue weighted by Gasteiger charge is 2.34. The Hall–Kier alpha value is -1.82. The van der Waals surface area contributed by atoms with E-state index in [2.05, 4.69) is 10.6 Å². The summed E-state index contributed by atoms with van der Waals surface area (Å²) >= 11 is 18.1. The van der Waals surface area contributed by atoms with Crippen LogP contribution in [0.15, 0.2) is 42.5 Å². The monoisotopic (exact) mass is 416 g/mol. The Morgan fingerprint density at radius 2 is 1.62 bits per heavy atom. The number of methoxy groups -OCH3 is 2. The van der Waals surface area contributed by atoms with Crippen LogP contribution in [0.5, 0.6) is 11.5 Å². The topological polar surface area (TPSA) is 59.6 Å². The van der Waals surface area contributed by atoms with Gasteiger partial charge in [0.2, 0.25) is 3.79 Å². The number of carbonyl (C=O) groups excluding carboxylic acids is 1. The number of benzene rings is 2. The molecule has 0 saturated heterocycles. The molecule has 8 heteroatoms. The van der Waals surface area contributed by atoms with Crippen LogP contribution in [0.25, 0.3) is 0 Å². The third-order valence-corrected chi connectivity index (χ3v) is 4.27. The molecule has 0 saturated carbocycles. The van der Waals surface area contributed by atoms with Gasteiger partial charge in [-0.3, -0.25) is 4.79 Å². The van der Waals surface area contributed by atoms with Crippen LogP contribution in [0.2, 0.25) is 0 Å². The molecule has 0 aliphatic heterocycles. The van der Waals surface area contributed by atoms with E-state index in [0.717, 1.165) is 5.56 Å². The lowest BCUT2D eigenvalue weighted by molar-refractivity contribution is 0.0941. The van der Waals surface area contributed by atoms with E-state index in [9.17, 15) is 4.79 Å². The first kappa shape index (κ1) is 20.5. The summed E-state index contributed by atoms with van der Waals surface area (Å²) in [5, 5.41) is 5.70. The van der Waals surface area contributed by atoms with Crippen LogP contribution >= 0.6 is 34.8 Å². The quantitative estimate of drug-likeness (QED) is 0.535. The molecule has 2 rings (SSSR count). The second-order valence-corrected chi connectivity index (χ2v) is 7.90. The van der Waals surface area contributed by atoms with Gasteiger partial charge in [0.15, 0.2) is 11.5 Å². The van der Waals surface area contributed by atoms with E-state index in [4.69, 9.17) is 44.3 Å². The fourth-order valence-electron chi connectivity index (χ4n) is 2.21. The number of halogens is 3. The average Bonchev–Trinajstić information content (AvgIpc) is 2.61. The largest absolute Gasteiger partial charge is 0.493 e. The Morgan fingerprint density at radius 1 is 1.00 bits per heavy atom. The van der Waals surface area contributed by atoms with E-state index in [-0.39, 0.29) is 0 Å². The number of nitrogens with one attached hydrogen (secondary N) is 2. The highest BCUT2D eigenvalue weighted by Crippen LogP contribution is 2.32. The fraction of sp³-hybridized carbons (Fsp3) is 0.278. The molecular formula is C18H19Cl3N2O3. The van der Waals surface area contributed by atoms with Crippen molar-refractivity contribution in [2.45, 2.75) is 16.9 Å². The highest BCUT2D eigenvalue weighted by molar-refractivity contribution is 6.68. The van der Waals surface area contributed by atoms with Gasteiger partial charge in [-0.1, -0.05) is 52.5 Å². The lowest BCUT2D eigenvalue weighted by Gasteiger charge is -2.27. The lowest BCUT2D eigenvalue weighted by Crippen LogP contribution is -2.49. The van der Waals surface area contributed by atoms with Crippen molar-refractivity contribution < 1.29 is 14.3 Å². The number of ether oxygens (including phenoxy) is 2. The summed E-state index contributed by atoms with van der Waals surface area (Å²) in [5.74, 6) is 0.513. The van der Waals surface area contributed by atoms with Gasteiger partial charge in [0.1, 0.15) is 6.17 Å². The van der Waals surface area contributed by atoms with E-state index in [1.807, 2.05) is 31.2 Å². The fourth-order valence-corrected chi connectivity index (χ4v) is 2.54. The number of hydrogen-bond acceptors (Lipinski definition) is 4. The number of alkyl halides is 3. The first-order valence-electron chi connectivity index (χ1n) is 7.67. The zero-order valence-electron chi connectivity index (χ0n) is 14.5. The maximum Gasteiger partial charge on any atom is 0.253 e. The minimum Gasteiger partial charge on any atom is -0.493 e. The molecule has 0 aliphatic carbocycles. The van der Waals surface area contributed by atoms with Crippen molar-refractivity contribution in [3.63, 3.8) is 0 Å². The Morgan fingerprint density at radius 3 is 2.15 bits per heavy atom. The maximum atomic E-state index is 12.6. The molecule has 2 N–H and O–H groups in total. The van der Waals surface area contributed by atoms with Crippen LogP contribution in [-0.4, -0.2) is 30.1 Å². The summed E-state index contributed by atoms with van der Waals surface area (Å²) in [7, 11) is 3.00. The highest BCUT2D eigenvalue weighted by atomic mass is 35.6. The van der Waals surface area contributed by atoms with Crippen molar-refractivity contribution in [3.8, 4) is 11.5 Å². The molecule has 26 heavy (non-hydrogen) atoms. The van der Waals surface area contributed by atoms with Gasteiger partial charge in [-0.15, -0.1) is 0 Å². The Kier molecular flexibility index (Phi) is 6.87. The van der Waals surface area contributed by atoms with Gasteiger partial charge in [0.25, 0.3) is 5.91 Å². The molecule has 0 aromatic heterocycles. The van der Waals surface area contributed by atoms with Crippen LogP contribution in [0.3, 0.4) is 0 Å². The van der Waals surface area contributed by atoms with Crippen LogP contribution in [0.4, 0.5) is 5.69 Å². The predicted molar refractivity (Wildman–Crippen MR) is 106 cm³/mol. The Balaban J connectivity index is 2.20. The van der Waals surface area contributed by atoms with E-state index in [1.165, 1.54) is 14.2 Å². The normalized spacial score (nSPS) is 12.2. The van der Waals surface area contributed by atoms with Crippen molar-refractivity contribution in [3.05, 3.63) is 53.6 Å². The minimum absolute atomic E-state index is 0.340. The minimum atomic E-state index is -1.77. The number of rotatable bonds is 6. The summed E-state index contributed by atoms with van der Waals surface area (Å²) in [6.07, 6.45) is -0.948. The predicted octanol–water partition coefficient (Wildman–Crippen LogP) is 4.55. The third kappa shape index (κ3) is 5.34. The summed E-state index contributed by atoms with van der Waals surface area (Å²) in [4.78, 5) is 12.6. The molecule has 1 amide bonds. The molecule has 0 aliphatic rings. The van der Waals surface area contributed by atoms with Gasteiger partial charge in [-0.2, -0.15) is 0 Å². The number of carbonyl (C=O) groups is 1. The van der Waals surface area contributed by atoms with Crippen LogP contribution in [0, 0.1) is 6.92 Å². The average molecular weight is 418 g/mol. The Labute approximate surface area is 167 Å². The van der Waals surface area contributed by atoms with Crippen molar-refractivity contribution in [1.82, 2.24) is 5.32 Å². The SMILES string of the molecule is COc1ccc(C(=O)N[C@@H](Nc2ccc(C)cc2)C(Cl)(Cl)Cl)cc1OC. The number of hydrogen-bond donors (Lipinski definition) is 2. The molecule has 0 radical (unpaired) electrons. The standard InChI is InChI=1S/C18H19Cl3N2O3/c1-11-4-7-13(8-5-11)22-17(18(19,20)21)23-16(24)12-6-9-14(25-2)15(10-12)26-3/h4-10,17,22H,1-3H3,(H,23,24)/t17-/m1/s1. The van der Waals surface area contributed by atoms with E-state index in [0.29, 0.717) is 22.7 Å². The van der Waals surface area contributed by atoms with Crippen molar-refractivity contribution in [1.29, 1.82) is 0 Å². The first-order chi connectivity index (χ1) is 12.2. The van der Waals surface area contributed by atoms with Crippen molar-refractivity contribution >= 4 is 46.4 Å². The summed E-state index contributed by atoms with van der Waals surface area (Å²) in [5.41, 5.74) is 2.14. The Bertz CT molecular complexity index is 761. The van der Waals surface area contributed by atoms with Crippen LogP contribution < -0.4 is 20.1 Å². The molecule has 5 nitrogen and oxygen atoms in total. The zero-order chi connectivity index (χ0) is 19.3. The molecule has 1 atom stereocenters. The van der Waals surface area contributed by atoms with Gasteiger partial charge >= 0.3 is 0 Å². The zero-order valence-corrected chi connectivity index (χ0v) is 16.7. The molecule has 0 fully saturated rings. The summed E-state index contributed by atoms with van der Waals surface area (Å²) in [6.45, 7) is 1.97. The maximum absolute atomic E-state index is 12.6. The molecule has 2 aromatic rings. The van der Waals surface area contributed by atoms with Gasteiger partial charge in [-0.05, 0) is 37.3 Å². The van der Waals surface area contributed by atoms with Gasteiger partial charge in [0, 0.05) is 11.3 Å². The molecule has 0 heterocycles. The second-order valence-electron chi connectivity index (χ2n) is 5.53. The van der Waals surface area contributed by atoms with E-state index >= 15 is 0 Å². The number of anilines is 1. The molecule has 0 spiro atoms. The van der Waals surface area contributed by atoms with Crippen LogP contribution in [-0.2, 0) is 0 Å². The first-order valence-corrected chi connectivity index (χ1v) is 8.81. The molecule has 0 unspecified atom stereocenters. The van der Waals surface area contributed by atoms with Crippen molar-refractivity contribution in [2.75, 3.05) is 19.5 Å². The number of amides is 1. The number of aryl methyl sites for hydroxylation is 1. The van der Waals surface area contributed by atoms with Gasteiger partial charge in [-0.25, -0.2) is 0 Å². The molecular weight excluding hydrogens is 399 g/mol. The lowest BCUT2D eigenvalue weighted by atomic mass is 10.2. The van der Waals surface area contributed by atoms with E-state index < -0.39 is 15.9 Å². The van der Waals surface area contributed by atoms with Gasteiger partial charge in [0.05, 0.1) is 14.2 Å². The molecule has 2 aromatic carbocycles. The summed E-state index contributed by atoms with van der Waals surface area (Å²) < 4.78 is 8.60. The smallest absolute Gasteiger partial charge is 0.253 e. The molecule has 140 valence electrons. The van der Waals surface area contributed by atoms with E-state index in [1.54, 1.807) is 18.2 Å². The second kappa shape index (κ2) is 8.71. The van der Waals surface area contributed by atoms with Crippen molar-refractivity contribution in [2.24, 2.45) is 0 Å². The molecule has 0 bridgehead atoms. The third-order valence-electron chi connectivity index (χ3n) is 3.61.